The molecular formula is C7H15IN2. The first-order valence-electron chi connectivity index (χ1n) is 3.77. The van der Waals surface area contributed by atoms with Gasteiger partial charge in [-0.05, 0) is 40.0 Å². The number of hydrogen-bond acceptors (Lipinski definition) is 2. The second-order valence-electron chi connectivity index (χ2n) is 3.06. The van der Waals surface area contributed by atoms with Crippen LogP contribution in [0.5, 0.6) is 0 Å². The fourth-order valence-corrected chi connectivity index (χ4v) is 1.91. The Balaban J connectivity index is 2.26. The van der Waals surface area contributed by atoms with Crippen LogP contribution in [0.25, 0.3) is 0 Å². The van der Waals surface area contributed by atoms with Crippen molar-refractivity contribution in [3.8, 4) is 0 Å². The first kappa shape index (κ1) is 8.74. The zero-order valence-corrected chi connectivity index (χ0v) is 8.84. The Kier molecular flexibility index (Phi) is 3.39. The van der Waals surface area contributed by atoms with Crippen LogP contribution >= 0.6 is 22.9 Å². The maximum absolute atomic E-state index is 2.40. The van der Waals surface area contributed by atoms with Crippen molar-refractivity contribution in [1.82, 2.24) is 8.01 Å². The van der Waals surface area contributed by atoms with Crippen LogP contribution in [-0.2, 0) is 0 Å². The van der Waals surface area contributed by atoms with Gasteiger partial charge in [-0.25, -0.2) is 3.11 Å². The Morgan fingerprint density at radius 3 is 2.30 bits per heavy atom. The van der Waals surface area contributed by atoms with Crippen molar-refractivity contribution in [3.63, 3.8) is 0 Å². The molecule has 1 heterocycles. The van der Waals surface area contributed by atoms with Crippen LogP contribution in [0, 0.1) is 0 Å². The van der Waals surface area contributed by atoms with Crippen LogP contribution in [0.1, 0.15) is 12.8 Å². The summed E-state index contributed by atoms with van der Waals surface area (Å²) in [7, 11) is 4.36. The molecule has 0 unspecified atom stereocenters. The molecule has 0 spiro atoms. The fourth-order valence-electron chi connectivity index (χ4n) is 1.35. The summed E-state index contributed by atoms with van der Waals surface area (Å²) in [6.07, 6.45) is 2.66. The van der Waals surface area contributed by atoms with E-state index < -0.39 is 0 Å². The number of nitrogens with zero attached hydrogens (tertiary/aromatic N) is 2. The Hall–Kier alpha value is 0.650. The third kappa shape index (κ3) is 2.36. The number of halogens is 1. The van der Waals surface area contributed by atoms with Gasteiger partial charge in [0.25, 0.3) is 0 Å². The van der Waals surface area contributed by atoms with Crippen LogP contribution in [-0.4, -0.2) is 41.2 Å². The Morgan fingerprint density at radius 1 is 1.40 bits per heavy atom. The summed E-state index contributed by atoms with van der Waals surface area (Å²) in [5, 5.41) is 0. The highest BCUT2D eigenvalue weighted by molar-refractivity contribution is 14.1. The van der Waals surface area contributed by atoms with Gasteiger partial charge in [-0.3, -0.25) is 0 Å². The van der Waals surface area contributed by atoms with Crippen molar-refractivity contribution in [2.24, 2.45) is 0 Å². The SMILES string of the molecule is CN1CCC(N(C)I)CC1. The number of rotatable bonds is 1. The Bertz CT molecular complexity index is 97.8. The molecule has 1 aliphatic heterocycles. The lowest BCUT2D eigenvalue weighted by atomic mass is 10.1. The molecule has 0 saturated carbocycles. The van der Waals surface area contributed by atoms with Gasteiger partial charge in [0.2, 0.25) is 0 Å². The highest BCUT2D eigenvalue weighted by Gasteiger charge is 2.18. The van der Waals surface area contributed by atoms with E-state index in [4.69, 9.17) is 0 Å². The summed E-state index contributed by atoms with van der Waals surface area (Å²) < 4.78 is 2.31. The van der Waals surface area contributed by atoms with Crippen molar-refractivity contribution in [3.05, 3.63) is 0 Å². The molecule has 1 fully saturated rings. The number of hydrogen-bond donors (Lipinski definition) is 0. The second-order valence-corrected chi connectivity index (χ2v) is 4.58. The second kappa shape index (κ2) is 3.88. The van der Waals surface area contributed by atoms with E-state index in [2.05, 4.69) is 45.0 Å². The molecule has 10 heavy (non-hydrogen) atoms. The summed E-state index contributed by atoms with van der Waals surface area (Å²) in [5.74, 6) is 0. The maximum atomic E-state index is 2.40. The molecule has 0 amide bonds. The molecule has 0 radical (unpaired) electrons. The molecule has 0 aromatic rings. The van der Waals surface area contributed by atoms with Gasteiger partial charge >= 0.3 is 0 Å². The standard InChI is InChI=1S/C7H15IN2/c1-9-5-3-7(4-6-9)10(2)8/h7H,3-6H2,1-2H3. The summed E-state index contributed by atoms with van der Waals surface area (Å²) in [6, 6.07) is 0.816. The topological polar surface area (TPSA) is 6.48 Å². The van der Waals surface area contributed by atoms with Gasteiger partial charge in [0, 0.05) is 28.9 Å². The predicted molar refractivity (Wildman–Crippen MR) is 52.3 cm³/mol. The van der Waals surface area contributed by atoms with Gasteiger partial charge in [-0.2, -0.15) is 0 Å². The lowest BCUT2D eigenvalue weighted by molar-refractivity contribution is 0.213. The van der Waals surface area contributed by atoms with E-state index in [-0.39, 0.29) is 0 Å². The minimum atomic E-state index is 0.816. The van der Waals surface area contributed by atoms with Crippen molar-refractivity contribution in [2.75, 3.05) is 27.2 Å². The van der Waals surface area contributed by atoms with Crippen molar-refractivity contribution < 1.29 is 0 Å². The lowest BCUT2D eigenvalue weighted by Crippen LogP contribution is -2.37. The Morgan fingerprint density at radius 2 is 1.90 bits per heavy atom. The zero-order valence-electron chi connectivity index (χ0n) is 6.68. The van der Waals surface area contributed by atoms with E-state index in [1.807, 2.05) is 0 Å². The molecule has 1 aliphatic rings. The average molecular weight is 254 g/mol. The minimum absolute atomic E-state index is 0.816. The molecule has 0 aromatic carbocycles. The minimum Gasteiger partial charge on any atom is -0.306 e. The van der Waals surface area contributed by atoms with Crippen molar-refractivity contribution in [2.45, 2.75) is 18.9 Å². The maximum Gasteiger partial charge on any atom is 0.0215 e. The summed E-state index contributed by atoms with van der Waals surface area (Å²) in [4.78, 5) is 2.40. The molecule has 2 nitrogen and oxygen atoms in total. The quantitative estimate of drug-likeness (QED) is 0.515. The largest absolute Gasteiger partial charge is 0.306 e. The van der Waals surface area contributed by atoms with E-state index >= 15 is 0 Å². The van der Waals surface area contributed by atoms with Gasteiger partial charge in [-0.15, -0.1) is 0 Å². The van der Waals surface area contributed by atoms with Crippen LogP contribution in [0.2, 0.25) is 0 Å². The number of likely N-dealkylation sites (tertiary alicyclic amines) is 1. The molecule has 1 rings (SSSR count). The van der Waals surface area contributed by atoms with Crippen molar-refractivity contribution in [1.29, 1.82) is 0 Å². The van der Waals surface area contributed by atoms with Crippen LogP contribution in [0.15, 0.2) is 0 Å². The van der Waals surface area contributed by atoms with Gasteiger partial charge in [0.1, 0.15) is 0 Å². The predicted octanol–water partition coefficient (Wildman–Crippen LogP) is 1.36. The molecular weight excluding hydrogens is 239 g/mol. The molecule has 0 aromatic heterocycles. The summed E-state index contributed by atoms with van der Waals surface area (Å²) >= 11 is 2.38. The van der Waals surface area contributed by atoms with E-state index in [0.717, 1.165) is 6.04 Å². The monoisotopic (exact) mass is 254 g/mol. The summed E-state index contributed by atoms with van der Waals surface area (Å²) in [6.45, 7) is 2.52. The van der Waals surface area contributed by atoms with Gasteiger partial charge in [-0.1, -0.05) is 0 Å². The normalized spacial score (nSPS) is 24.0. The van der Waals surface area contributed by atoms with Gasteiger partial charge in [0.05, 0.1) is 0 Å². The third-order valence-corrected chi connectivity index (χ3v) is 2.98. The van der Waals surface area contributed by atoms with E-state index in [0.29, 0.717) is 0 Å². The van der Waals surface area contributed by atoms with Gasteiger partial charge < -0.3 is 4.90 Å². The smallest absolute Gasteiger partial charge is 0.0215 e. The fraction of sp³-hybridized carbons (Fsp3) is 1.00. The van der Waals surface area contributed by atoms with E-state index in [9.17, 15) is 0 Å². The molecule has 1 saturated heterocycles. The first-order chi connectivity index (χ1) is 4.70. The Labute approximate surface area is 77.1 Å². The molecule has 0 N–H and O–H groups in total. The van der Waals surface area contributed by atoms with Crippen LogP contribution < -0.4 is 0 Å². The molecule has 0 atom stereocenters. The van der Waals surface area contributed by atoms with E-state index in [1.165, 1.54) is 25.9 Å². The van der Waals surface area contributed by atoms with Gasteiger partial charge in [0.15, 0.2) is 0 Å². The molecule has 0 aliphatic carbocycles. The highest BCUT2D eigenvalue weighted by atomic mass is 127. The van der Waals surface area contributed by atoms with Crippen molar-refractivity contribution >= 4 is 22.9 Å². The summed E-state index contributed by atoms with van der Waals surface area (Å²) in [5.41, 5.74) is 0. The molecule has 0 bridgehead atoms. The molecule has 60 valence electrons. The average Bonchev–Trinajstić information content (AvgIpc) is 1.88. The van der Waals surface area contributed by atoms with Crippen LogP contribution in [0.3, 0.4) is 0 Å². The van der Waals surface area contributed by atoms with E-state index in [1.54, 1.807) is 0 Å². The number of piperidine rings is 1. The molecule has 3 heteroatoms. The first-order valence-corrected chi connectivity index (χ1v) is 4.74. The lowest BCUT2D eigenvalue weighted by Gasteiger charge is -2.31. The van der Waals surface area contributed by atoms with Crippen LogP contribution in [0.4, 0.5) is 0 Å². The highest BCUT2D eigenvalue weighted by Crippen LogP contribution is 2.16. The third-order valence-electron chi connectivity index (χ3n) is 2.19. The zero-order chi connectivity index (χ0) is 7.56.